The zero-order valence-corrected chi connectivity index (χ0v) is 12.3. The van der Waals surface area contributed by atoms with Crippen molar-refractivity contribution in [1.82, 2.24) is 14.8 Å². The van der Waals surface area contributed by atoms with Crippen molar-refractivity contribution < 1.29 is 8.42 Å². The van der Waals surface area contributed by atoms with Gasteiger partial charge in [-0.2, -0.15) is 0 Å². The molecule has 1 aromatic carbocycles. The first kappa shape index (κ1) is 14.7. The minimum atomic E-state index is -3.86. The van der Waals surface area contributed by atoms with E-state index in [2.05, 4.69) is 10.2 Å². The van der Waals surface area contributed by atoms with E-state index >= 15 is 0 Å². The molecule has 0 spiro atoms. The van der Waals surface area contributed by atoms with Gasteiger partial charge in [0.25, 0.3) is 15.2 Å². The molecular weight excluding hydrogens is 276 g/mol. The van der Waals surface area contributed by atoms with Gasteiger partial charge in [-0.1, -0.05) is 37.3 Å². The number of nitrogens with two attached hydrogens (primary N) is 1. The van der Waals surface area contributed by atoms with Crippen molar-refractivity contribution in [3.63, 3.8) is 0 Å². The molecule has 0 saturated heterocycles. The van der Waals surface area contributed by atoms with Gasteiger partial charge in [0.1, 0.15) is 5.82 Å². The number of primary sulfonamides is 1. The Labute approximate surface area is 118 Å². The van der Waals surface area contributed by atoms with Gasteiger partial charge < -0.3 is 4.57 Å². The van der Waals surface area contributed by atoms with Crippen LogP contribution in [0.5, 0.6) is 0 Å². The molecular formula is C13H18N4O2S. The Hall–Kier alpha value is -1.73. The highest BCUT2D eigenvalue weighted by molar-refractivity contribution is 7.89. The molecule has 6 nitrogen and oxygen atoms in total. The van der Waals surface area contributed by atoms with Crippen LogP contribution in [-0.4, -0.2) is 23.2 Å². The molecule has 0 amide bonds. The van der Waals surface area contributed by atoms with Crippen molar-refractivity contribution in [2.45, 2.75) is 37.9 Å². The zero-order valence-electron chi connectivity index (χ0n) is 11.5. The van der Waals surface area contributed by atoms with Gasteiger partial charge in [0.05, 0.1) is 0 Å². The first-order valence-corrected chi connectivity index (χ1v) is 8.04. The van der Waals surface area contributed by atoms with E-state index in [1.807, 2.05) is 44.2 Å². The molecule has 2 N–H and O–H groups in total. The second kappa shape index (κ2) is 5.72. The highest BCUT2D eigenvalue weighted by Gasteiger charge is 2.25. The van der Waals surface area contributed by atoms with Crippen LogP contribution in [0.4, 0.5) is 0 Å². The third kappa shape index (κ3) is 2.73. The molecule has 0 aliphatic rings. The molecule has 0 saturated carbocycles. The first-order chi connectivity index (χ1) is 9.49. The lowest BCUT2D eigenvalue weighted by molar-refractivity contribution is 0.555. The molecule has 2 rings (SSSR count). The lowest BCUT2D eigenvalue weighted by Gasteiger charge is -2.16. The fourth-order valence-electron chi connectivity index (χ4n) is 2.32. The lowest BCUT2D eigenvalue weighted by atomic mass is 9.96. The molecule has 0 radical (unpaired) electrons. The highest BCUT2D eigenvalue weighted by Crippen LogP contribution is 2.27. The molecule has 1 unspecified atom stereocenters. The molecule has 0 aliphatic carbocycles. The van der Waals surface area contributed by atoms with E-state index < -0.39 is 10.0 Å². The van der Waals surface area contributed by atoms with Gasteiger partial charge in [-0.15, -0.1) is 10.2 Å². The van der Waals surface area contributed by atoms with Crippen LogP contribution in [0.25, 0.3) is 0 Å². The largest absolute Gasteiger partial charge is 0.301 e. The number of sulfonamides is 1. The summed E-state index contributed by atoms with van der Waals surface area (Å²) in [5, 5.41) is 12.8. The van der Waals surface area contributed by atoms with Crippen LogP contribution in [0.15, 0.2) is 35.5 Å². The Kier molecular flexibility index (Phi) is 4.20. The summed E-state index contributed by atoms with van der Waals surface area (Å²) in [5.74, 6) is 0.629. The summed E-state index contributed by atoms with van der Waals surface area (Å²) in [6.07, 6.45) is 0.798. The minimum Gasteiger partial charge on any atom is -0.301 e. The number of rotatable bonds is 5. The quantitative estimate of drug-likeness (QED) is 0.904. The Balaban J connectivity index is 2.54. The molecule has 2 aromatic rings. The Morgan fingerprint density at radius 2 is 1.85 bits per heavy atom. The van der Waals surface area contributed by atoms with Crippen LogP contribution < -0.4 is 5.14 Å². The number of nitrogens with zero attached hydrogens (tertiary/aromatic N) is 3. The number of hydrogen-bond acceptors (Lipinski definition) is 4. The summed E-state index contributed by atoms with van der Waals surface area (Å²) in [4.78, 5) is 0. The third-order valence-electron chi connectivity index (χ3n) is 3.24. The molecule has 1 aromatic heterocycles. The van der Waals surface area contributed by atoms with Crippen molar-refractivity contribution in [1.29, 1.82) is 0 Å². The maximum absolute atomic E-state index is 11.5. The van der Waals surface area contributed by atoms with E-state index in [1.54, 1.807) is 4.57 Å². The molecule has 1 atom stereocenters. The van der Waals surface area contributed by atoms with Crippen LogP contribution in [0.2, 0.25) is 0 Å². The summed E-state index contributed by atoms with van der Waals surface area (Å²) in [6.45, 7) is 4.33. The molecule has 20 heavy (non-hydrogen) atoms. The fourth-order valence-corrected chi connectivity index (χ4v) is 3.00. The van der Waals surface area contributed by atoms with Crippen molar-refractivity contribution in [3.8, 4) is 0 Å². The SMILES string of the molecule is CCC(c1ccccc1)c1nnc(S(N)(=O)=O)n1CC. The molecule has 0 aliphatic heterocycles. The van der Waals surface area contributed by atoms with E-state index in [0.717, 1.165) is 12.0 Å². The summed E-state index contributed by atoms with van der Waals surface area (Å²) in [6, 6.07) is 9.84. The van der Waals surface area contributed by atoms with Crippen molar-refractivity contribution in [3.05, 3.63) is 41.7 Å². The topological polar surface area (TPSA) is 90.9 Å². The van der Waals surface area contributed by atoms with Crippen LogP contribution in [0, 0.1) is 0 Å². The monoisotopic (exact) mass is 294 g/mol. The molecule has 0 bridgehead atoms. The molecule has 0 fully saturated rings. The maximum atomic E-state index is 11.5. The first-order valence-electron chi connectivity index (χ1n) is 6.49. The minimum absolute atomic E-state index is 0.000787. The normalized spacial score (nSPS) is 13.3. The number of hydrogen-bond donors (Lipinski definition) is 1. The zero-order chi connectivity index (χ0) is 14.8. The van der Waals surface area contributed by atoms with E-state index in [1.165, 1.54) is 0 Å². The van der Waals surface area contributed by atoms with E-state index in [4.69, 9.17) is 5.14 Å². The maximum Gasteiger partial charge on any atom is 0.273 e. The van der Waals surface area contributed by atoms with Crippen LogP contribution in [0.1, 0.15) is 37.6 Å². The van der Waals surface area contributed by atoms with E-state index in [0.29, 0.717) is 12.4 Å². The Morgan fingerprint density at radius 3 is 2.35 bits per heavy atom. The molecule has 108 valence electrons. The Bertz CT molecular complexity index is 680. The fraction of sp³-hybridized carbons (Fsp3) is 0.385. The van der Waals surface area contributed by atoms with Crippen LogP contribution >= 0.6 is 0 Å². The van der Waals surface area contributed by atoms with Crippen molar-refractivity contribution in [2.24, 2.45) is 5.14 Å². The van der Waals surface area contributed by atoms with Gasteiger partial charge in [-0.3, -0.25) is 0 Å². The smallest absolute Gasteiger partial charge is 0.273 e. The molecule has 1 heterocycles. The summed E-state index contributed by atoms with van der Waals surface area (Å²) >= 11 is 0. The second-order valence-electron chi connectivity index (χ2n) is 4.50. The average molecular weight is 294 g/mol. The highest BCUT2D eigenvalue weighted by atomic mass is 32.2. The van der Waals surface area contributed by atoms with Gasteiger partial charge in [0.2, 0.25) is 0 Å². The van der Waals surface area contributed by atoms with Crippen LogP contribution in [0.3, 0.4) is 0 Å². The van der Waals surface area contributed by atoms with Crippen LogP contribution in [-0.2, 0) is 16.6 Å². The lowest BCUT2D eigenvalue weighted by Crippen LogP contribution is -2.20. The van der Waals surface area contributed by atoms with Gasteiger partial charge >= 0.3 is 0 Å². The van der Waals surface area contributed by atoms with Gasteiger partial charge in [0.15, 0.2) is 0 Å². The predicted octanol–water partition coefficient (Wildman–Crippen LogP) is 1.49. The van der Waals surface area contributed by atoms with E-state index in [9.17, 15) is 8.42 Å². The number of benzene rings is 1. The number of aromatic nitrogens is 3. The summed E-state index contributed by atoms with van der Waals surface area (Å²) in [5.41, 5.74) is 1.08. The van der Waals surface area contributed by atoms with Crippen molar-refractivity contribution in [2.75, 3.05) is 0 Å². The van der Waals surface area contributed by atoms with Crippen molar-refractivity contribution >= 4 is 10.0 Å². The third-order valence-corrected chi connectivity index (χ3v) is 4.05. The Morgan fingerprint density at radius 1 is 1.20 bits per heavy atom. The summed E-state index contributed by atoms with van der Waals surface area (Å²) < 4.78 is 24.6. The van der Waals surface area contributed by atoms with Gasteiger partial charge in [-0.25, -0.2) is 13.6 Å². The average Bonchev–Trinajstić information content (AvgIpc) is 2.84. The molecule has 7 heteroatoms. The second-order valence-corrected chi connectivity index (χ2v) is 5.96. The predicted molar refractivity (Wildman–Crippen MR) is 75.6 cm³/mol. The van der Waals surface area contributed by atoms with E-state index in [-0.39, 0.29) is 11.1 Å². The standard InChI is InChI=1S/C13H18N4O2S/c1-3-11(10-8-6-5-7-9-10)12-15-16-13(17(12)4-2)20(14,18)19/h5-9,11H,3-4H2,1-2H3,(H2,14,18,19). The summed E-state index contributed by atoms with van der Waals surface area (Å²) in [7, 11) is -3.86. The van der Waals surface area contributed by atoms with Gasteiger partial charge in [0, 0.05) is 12.5 Å². The van der Waals surface area contributed by atoms with Gasteiger partial charge in [-0.05, 0) is 18.9 Å².